The molecule has 122 valence electrons. The molecule has 0 aliphatic rings. The summed E-state index contributed by atoms with van der Waals surface area (Å²) in [5.74, 6) is 0.265. The highest BCUT2D eigenvalue weighted by molar-refractivity contribution is 5.94. The van der Waals surface area contributed by atoms with Crippen molar-refractivity contribution in [3.05, 3.63) is 59.9 Å². The number of nitrogens with zero attached hydrogens (tertiary/aromatic N) is 1. The van der Waals surface area contributed by atoms with Gasteiger partial charge in [-0.3, -0.25) is 4.79 Å². The van der Waals surface area contributed by atoms with Crippen LogP contribution in [0.4, 0.5) is 10.1 Å². The van der Waals surface area contributed by atoms with Crippen LogP contribution < -0.4 is 9.64 Å². The zero-order valence-electron chi connectivity index (χ0n) is 13.8. The minimum absolute atomic E-state index is 0.0106. The lowest BCUT2D eigenvalue weighted by molar-refractivity contribution is -0.119. The molecule has 0 fully saturated rings. The average molecular weight is 315 g/mol. The third kappa shape index (κ3) is 4.55. The second-order valence-electron chi connectivity index (χ2n) is 5.70. The Bertz CT molecular complexity index is 653. The number of carbonyl (C=O) groups excluding carboxylic acids is 1. The summed E-state index contributed by atoms with van der Waals surface area (Å²) in [4.78, 5) is 14.4. The lowest BCUT2D eigenvalue weighted by Crippen LogP contribution is -2.38. The number of anilines is 1. The van der Waals surface area contributed by atoms with E-state index in [-0.39, 0.29) is 30.8 Å². The lowest BCUT2D eigenvalue weighted by Gasteiger charge is -2.28. The van der Waals surface area contributed by atoms with Gasteiger partial charge in [0.05, 0.1) is 13.0 Å². The smallest absolute Gasteiger partial charge is 0.230 e. The summed E-state index contributed by atoms with van der Waals surface area (Å²) in [7, 11) is 0. The molecule has 2 aromatic rings. The molecule has 3 nitrogen and oxygen atoms in total. The predicted octanol–water partition coefficient (Wildman–Crippen LogP) is 4.34. The number of aryl methyl sites for hydroxylation is 1. The minimum Gasteiger partial charge on any atom is -0.493 e. The molecule has 0 aliphatic carbocycles. The highest BCUT2D eigenvalue weighted by atomic mass is 19.1. The Balaban J connectivity index is 1.99. The number of benzene rings is 2. The minimum atomic E-state index is -0.307. The van der Waals surface area contributed by atoms with Crippen molar-refractivity contribution in [1.82, 2.24) is 0 Å². The second-order valence-corrected chi connectivity index (χ2v) is 5.70. The molecule has 0 atom stereocenters. The zero-order valence-corrected chi connectivity index (χ0v) is 13.8. The highest BCUT2D eigenvalue weighted by Gasteiger charge is 2.20. The van der Waals surface area contributed by atoms with Crippen molar-refractivity contribution < 1.29 is 13.9 Å². The molecular weight excluding hydrogens is 293 g/mol. The van der Waals surface area contributed by atoms with Gasteiger partial charge in [-0.1, -0.05) is 18.2 Å². The van der Waals surface area contributed by atoms with Crippen molar-refractivity contribution >= 4 is 11.6 Å². The van der Waals surface area contributed by atoms with Gasteiger partial charge in [-0.05, 0) is 56.7 Å². The summed E-state index contributed by atoms with van der Waals surface area (Å²) in [6, 6.07) is 13.7. The van der Waals surface area contributed by atoms with E-state index < -0.39 is 0 Å². The van der Waals surface area contributed by atoms with E-state index in [9.17, 15) is 9.18 Å². The molecule has 2 rings (SSSR count). The van der Waals surface area contributed by atoms with Crippen LogP contribution in [-0.4, -0.2) is 18.6 Å². The maximum atomic E-state index is 12.8. The molecule has 0 heterocycles. The maximum Gasteiger partial charge on any atom is 0.230 e. The molecule has 0 radical (unpaired) electrons. The number of ether oxygens (including phenoxy) is 1. The van der Waals surface area contributed by atoms with Crippen LogP contribution in [-0.2, 0) is 4.79 Å². The van der Waals surface area contributed by atoms with Gasteiger partial charge >= 0.3 is 0 Å². The van der Waals surface area contributed by atoms with E-state index in [4.69, 9.17) is 4.74 Å². The quantitative estimate of drug-likeness (QED) is 0.793. The number of carbonyl (C=O) groups is 1. The Morgan fingerprint density at radius 3 is 2.39 bits per heavy atom. The fraction of sp³-hybridized carbons (Fsp3) is 0.316. The van der Waals surface area contributed by atoms with E-state index in [2.05, 4.69) is 0 Å². The third-order valence-corrected chi connectivity index (χ3v) is 3.56. The van der Waals surface area contributed by atoms with Crippen molar-refractivity contribution in [2.75, 3.05) is 11.5 Å². The summed E-state index contributed by atoms with van der Waals surface area (Å²) >= 11 is 0. The Labute approximate surface area is 136 Å². The molecule has 0 N–H and O–H groups in total. The van der Waals surface area contributed by atoms with Gasteiger partial charge in [0.25, 0.3) is 0 Å². The summed E-state index contributed by atoms with van der Waals surface area (Å²) in [5, 5.41) is 0. The van der Waals surface area contributed by atoms with Crippen LogP contribution in [0.15, 0.2) is 48.5 Å². The van der Waals surface area contributed by atoms with Crippen molar-refractivity contribution in [2.45, 2.75) is 33.2 Å². The van der Waals surface area contributed by atoms with Crippen LogP contribution >= 0.6 is 0 Å². The number of halogens is 1. The molecule has 0 saturated heterocycles. The standard InChI is InChI=1S/C19H22FNO2/c1-14(2)21(18-7-5-4-6-15(18)3)19(22)12-13-23-17-10-8-16(20)9-11-17/h4-11,14H,12-13H2,1-3H3. The monoisotopic (exact) mass is 315 g/mol. The van der Waals surface area contributed by atoms with Gasteiger partial charge in [0.2, 0.25) is 5.91 Å². The molecular formula is C19H22FNO2. The van der Waals surface area contributed by atoms with Crippen LogP contribution in [0.1, 0.15) is 25.8 Å². The van der Waals surface area contributed by atoms with Crippen LogP contribution in [0.5, 0.6) is 5.75 Å². The molecule has 0 bridgehead atoms. The van der Waals surface area contributed by atoms with E-state index >= 15 is 0 Å². The largest absolute Gasteiger partial charge is 0.493 e. The summed E-state index contributed by atoms with van der Waals surface area (Å²) in [6.07, 6.45) is 0.268. The van der Waals surface area contributed by atoms with E-state index in [1.54, 1.807) is 17.0 Å². The molecule has 1 amide bonds. The number of rotatable bonds is 6. The molecule has 2 aromatic carbocycles. The molecule has 0 aliphatic heterocycles. The molecule has 4 heteroatoms. The Morgan fingerprint density at radius 1 is 1.13 bits per heavy atom. The lowest BCUT2D eigenvalue weighted by atomic mass is 10.1. The van der Waals surface area contributed by atoms with Crippen molar-refractivity contribution in [1.29, 1.82) is 0 Å². The normalized spacial score (nSPS) is 10.7. The molecule has 0 aromatic heterocycles. The summed E-state index contributed by atoms with van der Waals surface area (Å²) in [6.45, 7) is 6.24. The first-order valence-corrected chi connectivity index (χ1v) is 7.75. The first-order valence-electron chi connectivity index (χ1n) is 7.75. The summed E-state index contributed by atoms with van der Waals surface area (Å²) in [5.41, 5.74) is 1.99. The van der Waals surface area contributed by atoms with E-state index in [0.29, 0.717) is 5.75 Å². The van der Waals surface area contributed by atoms with Crippen molar-refractivity contribution in [3.63, 3.8) is 0 Å². The van der Waals surface area contributed by atoms with Gasteiger partial charge < -0.3 is 9.64 Å². The van der Waals surface area contributed by atoms with Crippen LogP contribution in [0, 0.1) is 12.7 Å². The first-order chi connectivity index (χ1) is 11.0. The van der Waals surface area contributed by atoms with Gasteiger partial charge in [-0.25, -0.2) is 4.39 Å². The number of hydrogen-bond acceptors (Lipinski definition) is 2. The number of hydrogen-bond donors (Lipinski definition) is 0. The third-order valence-electron chi connectivity index (χ3n) is 3.56. The van der Waals surface area contributed by atoms with Gasteiger partial charge in [0.15, 0.2) is 0 Å². The van der Waals surface area contributed by atoms with Gasteiger partial charge in [0.1, 0.15) is 11.6 Å². The molecule has 0 saturated carbocycles. The first kappa shape index (κ1) is 17.0. The maximum absolute atomic E-state index is 12.8. The SMILES string of the molecule is Cc1ccccc1N(C(=O)CCOc1ccc(F)cc1)C(C)C. The van der Waals surface area contributed by atoms with E-state index in [0.717, 1.165) is 11.3 Å². The van der Waals surface area contributed by atoms with E-state index in [1.807, 2.05) is 45.0 Å². The topological polar surface area (TPSA) is 29.5 Å². The van der Waals surface area contributed by atoms with Crippen molar-refractivity contribution in [2.24, 2.45) is 0 Å². The summed E-state index contributed by atoms with van der Waals surface area (Å²) < 4.78 is 18.4. The Kier molecular flexibility index (Phi) is 5.74. The predicted molar refractivity (Wildman–Crippen MR) is 90.3 cm³/mol. The van der Waals surface area contributed by atoms with Gasteiger partial charge in [-0.2, -0.15) is 0 Å². The Morgan fingerprint density at radius 2 is 1.78 bits per heavy atom. The van der Waals surface area contributed by atoms with Crippen LogP contribution in [0.3, 0.4) is 0 Å². The van der Waals surface area contributed by atoms with Crippen molar-refractivity contribution in [3.8, 4) is 5.75 Å². The fourth-order valence-corrected chi connectivity index (χ4v) is 2.44. The zero-order chi connectivity index (χ0) is 16.8. The number of para-hydroxylation sites is 1. The van der Waals surface area contributed by atoms with Gasteiger partial charge in [-0.15, -0.1) is 0 Å². The molecule has 0 spiro atoms. The Hall–Kier alpha value is -2.36. The van der Waals surface area contributed by atoms with E-state index in [1.165, 1.54) is 12.1 Å². The fourth-order valence-electron chi connectivity index (χ4n) is 2.44. The van der Waals surface area contributed by atoms with Crippen LogP contribution in [0.2, 0.25) is 0 Å². The highest BCUT2D eigenvalue weighted by Crippen LogP contribution is 2.22. The molecule has 0 unspecified atom stereocenters. The molecule has 23 heavy (non-hydrogen) atoms. The second kappa shape index (κ2) is 7.77. The number of amides is 1. The van der Waals surface area contributed by atoms with Gasteiger partial charge in [0, 0.05) is 11.7 Å². The van der Waals surface area contributed by atoms with Crippen LogP contribution in [0.25, 0.3) is 0 Å². The average Bonchev–Trinajstić information content (AvgIpc) is 2.51.